The van der Waals surface area contributed by atoms with E-state index < -0.39 is 0 Å². The Balaban J connectivity index is 2.29. The zero-order valence-electron chi connectivity index (χ0n) is 11.9. The van der Waals surface area contributed by atoms with Crippen LogP contribution in [-0.4, -0.2) is 21.1 Å². The van der Waals surface area contributed by atoms with E-state index in [9.17, 15) is 0 Å². The van der Waals surface area contributed by atoms with Crippen LogP contribution in [0.1, 0.15) is 44.6 Å². The normalized spacial score (nSPS) is 12.6. The molecule has 1 atom stereocenters. The molecule has 0 radical (unpaired) electrons. The first kappa shape index (κ1) is 13.7. The summed E-state index contributed by atoms with van der Waals surface area (Å²) in [4.78, 5) is 8.86. The molecule has 0 fully saturated rings. The van der Waals surface area contributed by atoms with Gasteiger partial charge < -0.3 is 5.32 Å². The maximum absolute atomic E-state index is 4.46. The SMILES string of the molecule is CCCc1nccn1-c1cc(C(C)NCC)ccn1. The lowest BCUT2D eigenvalue weighted by atomic mass is 10.1. The number of aryl methyl sites for hydroxylation is 1. The van der Waals surface area contributed by atoms with Crippen molar-refractivity contribution in [1.29, 1.82) is 0 Å². The smallest absolute Gasteiger partial charge is 0.138 e. The number of rotatable bonds is 6. The average molecular weight is 258 g/mol. The minimum Gasteiger partial charge on any atom is -0.310 e. The van der Waals surface area contributed by atoms with Crippen LogP contribution in [0.15, 0.2) is 30.7 Å². The summed E-state index contributed by atoms with van der Waals surface area (Å²) in [6, 6.07) is 4.53. The Morgan fingerprint density at radius 2 is 2.11 bits per heavy atom. The van der Waals surface area contributed by atoms with Crippen molar-refractivity contribution in [2.45, 2.75) is 39.7 Å². The molecule has 0 aromatic carbocycles. The summed E-state index contributed by atoms with van der Waals surface area (Å²) in [5.41, 5.74) is 1.25. The molecule has 1 N–H and O–H groups in total. The number of pyridine rings is 1. The maximum Gasteiger partial charge on any atom is 0.138 e. The van der Waals surface area contributed by atoms with Crippen LogP contribution >= 0.6 is 0 Å². The monoisotopic (exact) mass is 258 g/mol. The van der Waals surface area contributed by atoms with Gasteiger partial charge in [0, 0.05) is 31.1 Å². The molecule has 102 valence electrons. The van der Waals surface area contributed by atoms with E-state index in [1.807, 2.05) is 18.6 Å². The van der Waals surface area contributed by atoms with Gasteiger partial charge in [-0.15, -0.1) is 0 Å². The van der Waals surface area contributed by atoms with E-state index in [0.717, 1.165) is 31.0 Å². The predicted octanol–water partition coefficient (Wildman–Crippen LogP) is 2.89. The fourth-order valence-corrected chi connectivity index (χ4v) is 2.21. The summed E-state index contributed by atoms with van der Waals surface area (Å²) < 4.78 is 2.08. The molecule has 0 spiro atoms. The van der Waals surface area contributed by atoms with Gasteiger partial charge in [-0.25, -0.2) is 9.97 Å². The molecule has 2 aromatic rings. The molecule has 4 heteroatoms. The number of nitrogens with one attached hydrogen (secondary N) is 1. The summed E-state index contributed by atoms with van der Waals surface area (Å²) in [6.45, 7) is 7.42. The third-order valence-corrected chi connectivity index (χ3v) is 3.22. The molecule has 4 nitrogen and oxygen atoms in total. The Bertz CT molecular complexity index is 518. The van der Waals surface area contributed by atoms with Gasteiger partial charge in [-0.2, -0.15) is 0 Å². The maximum atomic E-state index is 4.46. The zero-order valence-corrected chi connectivity index (χ0v) is 11.9. The summed E-state index contributed by atoms with van der Waals surface area (Å²) in [6.07, 6.45) is 7.75. The van der Waals surface area contributed by atoms with Gasteiger partial charge in [-0.3, -0.25) is 4.57 Å². The third kappa shape index (κ3) is 3.20. The van der Waals surface area contributed by atoms with Crippen molar-refractivity contribution in [3.8, 4) is 5.82 Å². The van der Waals surface area contributed by atoms with Crippen molar-refractivity contribution in [2.75, 3.05) is 6.54 Å². The lowest BCUT2D eigenvalue weighted by Gasteiger charge is -2.14. The molecular formula is C15H22N4. The van der Waals surface area contributed by atoms with Crippen LogP contribution in [0.4, 0.5) is 0 Å². The Morgan fingerprint density at radius 1 is 1.26 bits per heavy atom. The van der Waals surface area contributed by atoms with E-state index in [2.05, 4.69) is 52.8 Å². The summed E-state index contributed by atoms with van der Waals surface area (Å²) in [5.74, 6) is 2.02. The third-order valence-electron chi connectivity index (χ3n) is 3.22. The predicted molar refractivity (Wildman–Crippen MR) is 77.4 cm³/mol. The fourth-order valence-electron chi connectivity index (χ4n) is 2.21. The molecule has 1 unspecified atom stereocenters. The van der Waals surface area contributed by atoms with Gasteiger partial charge in [-0.1, -0.05) is 13.8 Å². The molecule has 2 rings (SSSR count). The zero-order chi connectivity index (χ0) is 13.7. The molecule has 2 aromatic heterocycles. The standard InChI is InChI=1S/C15H22N4/c1-4-6-14-18-9-10-19(14)15-11-13(7-8-17-15)12(3)16-5-2/h7-12,16H,4-6H2,1-3H3. The van der Waals surface area contributed by atoms with Gasteiger partial charge in [0.25, 0.3) is 0 Å². The van der Waals surface area contributed by atoms with Gasteiger partial charge in [0.1, 0.15) is 11.6 Å². The molecular weight excluding hydrogens is 236 g/mol. The Hall–Kier alpha value is -1.68. The summed E-state index contributed by atoms with van der Waals surface area (Å²) in [5, 5.41) is 3.42. The lowest BCUT2D eigenvalue weighted by molar-refractivity contribution is 0.597. The second-order valence-corrected chi connectivity index (χ2v) is 4.69. The molecule has 0 aliphatic rings. The molecule has 0 saturated carbocycles. The van der Waals surface area contributed by atoms with Gasteiger partial charge in [-0.05, 0) is 37.6 Å². The Kier molecular flexibility index (Phi) is 4.68. The fraction of sp³-hybridized carbons (Fsp3) is 0.467. The minimum absolute atomic E-state index is 0.338. The number of hydrogen-bond donors (Lipinski definition) is 1. The van der Waals surface area contributed by atoms with Crippen LogP contribution in [-0.2, 0) is 6.42 Å². The van der Waals surface area contributed by atoms with Crippen LogP contribution in [0, 0.1) is 0 Å². The molecule has 0 amide bonds. The van der Waals surface area contributed by atoms with Crippen molar-refractivity contribution in [1.82, 2.24) is 19.9 Å². The highest BCUT2D eigenvalue weighted by atomic mass is 15.1. The second kappa shape index (κ2) is 6.48. The molecule has 19 heavy (non-hydrogen) atoms. The molecule has 0 aliphatic heterocycles. The Labute approximate surface area is 114 Å². The van der Waals surface area contributed by atoms with Crippen molar-refractivity contribution < 1.29 is 0 Å². The average Bonchev–Trinajstić information content (AvgIpc) is 2.88. The van der Waals surface area contributed by atoms with Crippen LogP contribution in [0.25, 0.3) is 5.82 Å². The largest absolute Gasteiger partial charge is 0.310 e. The first-order valence-electron chi connectivity index (χ1n) is 6.98. The quantitative estimate of drug-likeness (QED) is 0.866. The molecule has 2 heterocycles. The van der Waals surface area contributed by atoms with Crippen LogP contribution in [0.2, 0.25) is 0 Å². The van der Waals surface area contributed by atoms with E-state index in [1.165, 1.54) is 5.56 Å². The first-order valence-corrected chi connectivity index (χ1v) is 6.98. The van der Waals surface area contributed by atoms with Crippen LogP contribution < -0.4 is 5.32 Å². The highest BCUT2D eigenvalue weighted by molar-refractivity contribution is 5.31. The van der Waals surface area contributed by atoms with Gasteiger partial charge in [0.15, 0.2) is 0 Å². The lowest BCUT2D eigenvalue weighted by Crippen LogP contribution is -2.18. The highest BCUT2D eigenvalue weighted by Crippen LogP contribution is 2.16. The molecule has 0 aliphatic carbocycles. The van der Waals surface area contributed by atoms with Crippen LogP contribution in [0.5, 0.6) is 0 Å². The summed E-state index contributed by atoms with van der Waals surface area (Å²) >= 11 is 0. The van der Waals surface area contributed by atoms with Crippen molar-refractivity contribution in [3.05, 3.63) is 42.1 Å². The number of imidazole rings is 1. The van der Waals surface area contributed by atoms with Crippen molar-refractivity contribution >= 4 is 0 Å². The molecule has 0 bridgehead atoms. The van der Waals surface area contributed by atoms with Gasteiger partial charge in [0.05, 0.1) is 0 Å². The Morgan fingerprint density at radius 3 is 2.84 bits per heavy atom. The van der Waals surface area contributed by atoms with E-state index in [1.54, 1.807) is 0 Å². The van der Waals surface area contributed by atoms with Crippen molar-refractivity contribution in [3.63, 3.8) is 0 Å². The number of aromatic nitrogens is 3. The number of nitrogens with zero attached hydrogens (tertiary/aromatic N) is 3. The van der Waals surface area contributed by atoms with E-state index >= 15 is 0 Å². The summed E-state index contributed by atoms with van der Waals surface area (Å²) in [7, 11) is 0. The molecule has 0 saturated heterocycles. The first-order chi connectivity index (χ1) is 9.26. The number of hydrogen-bond acceptors (Lipinski definition) is 3. The van der Waals surface area contributed by atoms with Gasteiger partial charge >= 0.3 is 0 Å². The second-order valence-electron chi connectivity index (χ2n) is 4.69. The van der Waals surface area contributed by atoms with E-state index in [0.29, 0.717) is 6.04 Å². The minimum atomic E-state index is 0.338. The topological polar surface area (TPSA) is 42.7 Å². The van der Waals surface area contributed by atoms with Crippen molar-refractivity contribution in [2.24, 2.45) is 0 Å². The van der Waals surface area contributed by atoms with E-state index in [-0.39, 0.29) is 0 Å². The van der Waals surface area contributed by atoms with E-state index in [4.69, 9.17) is 0 Å². The highest BCUT2D eigenvalue weighted by Gasteiger charge is 2.08. The van der Waals surface area contributed by atoms with Gasteiger partial charge in [0.2, 0.25) is 0 Å². The van der Waals surface area contributed by atoms with Crippen LogP contribution in [0.3, 0.4) is 0 Å².